The van der Waals surface area contributed by atoms with E-state index in [4.69, 9.17) is 9.51 Å². The Morgan fingerprint density at radius 3 is 2.89 bits per heavy atom. The fourth-order valence-corrected chi connectivity index (χ4v) is 4.19. The lowest BCUT2D eigenvalue weighted by Gasteiger charge is -2.19. The predicted octanol–water partition coefficient (Wildman–Crippen LogP) is 2.44. The average Bonchev–Trinajstić information content (AvgIpc) is 3.15. The maximum atomic E-state index is 5.52. The molecule has 2 saturated carbocycles. The van der Waals surface area contributed by atoms with Crippen molar-refractivity contribution < 1.29 is 4.52 Å². The summed E-state index contributed by atoms with van der Waals surface area (Å²) >= 11 is 0. The fourth-order valence-electron chi connectivity index (χ4n) is 4.19. The third-order valence-electron chi connectivity index (χ3n) is 5.17. The van der Waals surface area contributed by atoms with Gasteiger partial charge in [-0.25, -0.2) is 0 Å². The maximum Gasteiger partial charge on any atom is 0.231 e. The summed E-state index contributed by atoms with van der Waals surface area (Å²) in [6.45, 7) is 2.13. The first-order chi connectivity index (χ1) is 8.90. The number of nitrogens with zero attached hydrogens (tertiary/aromatic N) is 2. The lowest BCUT2D eigenvalue weighted by atomic mass is 9.88. The van der Waals surface area contributed by atoms with E-state index in [0.717, 1.165) is 36.6 Å². The first kappa shape index (κ1) is 11.0. The highest BCUT2D eigenvalue weighted by Gasteiger charge is 2.42. The molecular weight excluding hydrogens is 226 g/mol. The van der Waals surface area contributed by atoms with Crippen LogP contribution in [0.2, 0.25) is 0 Å². The quantitative estimate of drug-likeness (QED) is 0.872. The lowest BCUT2D eigenvalue weighted by Crippen LogP contribution is -2.28. The van der Waals surface area contributed by atoms with Gasteiger partial charge < -0.3 is 9.84 Å². The number of rotatable bonds is 2. The second-order valence-corrected chi connectivity index (χ2v) is 6.32. The van der Waals surface area contributed by atoms with E-state index in [2.05, 4.69) is 10.5 Å². The Balaban J connectivity index is 1.51. The van der Waals surface area contributed by atoms with E-state index >= 15 is 0 Å². The minimum absolute atomic E-state index is 0.443. The van der Waals surface area contributed by atoms with Crippen LogP contribution in [0.4, 0.5) is 0 Å². The summed E-state index contributed by atoms with van der Waals surface area (Å²) in [5.74, 6) is 4.70. The van der Waals surface area contributed by atoms with Crippen molar-refractivity contribution in [3.05, 3.63) is 11.7 Å². The highest BCUT2D eigenvalue weighted by molar-refractivity contribution is 5.08. The average molecular weight is 247 g/mol. The van der Waals surface area contributed by atoms with Crippen LogP contribution in [0, 0.1) is 11.8 Å². The van der Waals surface area contributed by atoms with Crippen LogP contribution in [0.1, 0.15) is 62.1 Å². The molecule has 2 aliphatic carbocycles. The molecule has 4 atom stereocenters. The summed E-state index contributed by atoms with van der Waals surface area (Å²) in [7, 11) is 0. The van der Waals surface area contributed by atoms with Gasteiger partial charge in [0.25, 0.3) is 0 Å². The lowest BCUT2D eigenvalue weighted by molar-refractivity contribution is 0.314. The van der Waals surface area contributed by atoms with Gasteiger partial charge in [0, 0.05) is 12.5 Å². The van der Waals surface area contributed by atoms with E-state index in [0.29, 0.717) is 11.8 Å². The summed E-state index contributed by atoms with van der Waals surface area (Å²) in [4.78, 5) is 4.72. The Kier molecular flexibility index (Phi) is 2.64. The maximum absolute atomic E-state index is 5.52. The third kappa shape index (κ3) is 1.78. The topological polar surface area (TPSA) is 51.0 Å². The van der Waals surface area contributed by atoms with Crippen LogP contribution in [0.15, 0.2) is 4.52 Å². The number of hydrogen-bond acceptors (Lipinski definition) is 4. The van der Waals surface area contributed by atoms with Gasteiger partial charge in [-0.2, -0.15) is 4.98 Å². The van der Waals surface area contributed by atoms with E-state index in [1.165, 1.54) is 38.5 Å². The SMILES string of the molecule is C1CNCC(c2nc(C3CC4CCC3C4)no2)C1. The summed E-state index contributed by atoms with van der Waals surface area (Å²) in [6, 6.07) is 0. The molecule has 2 heterocycles. The zero-order valence-corrected chi connectivity index (χ0v) is 10.8. The Bertz CT molecular complexity index is 424. The Hall–Kier alpha value is -0.900. The highest BCUT2D eigenvalue weighted by atomic mass is 16.5. The molecule has 18 heavy (non-hydrogen) atoms. The summed E-state index contributed by atoms with van der Waals surface area (Å²) in [5, 5.41) is 7.69. The molecule has 1 aromatic heterocycles. The monoisotopic (exact) mass is 247 g/mol. The fraction of sp³-hybridized carbons (Fsp3) is 0.857. The molecular formula is C14H21N3O. The molecule has 98 valence electrons. The summed E-state index contributed by atoms with van der Waals surface area (Å²) in [5.41, 5.74) is 0. The molecule has 4 nitrogen and oxygen atoms in total. The van der Waals surface area contributed by atoms with Crippen LogP contribution in [-0.4, -0.2) is 23.2 Å². The van der Waals surface area contributed by atoms with Gasteiger partial charge in [0.15, 0.2) is 5.82 Å². The zero-order valence-electron chi connectivity index (χ0n) is 10.8. The number of nitrogens with one attached hydrogen (secondary N) is 1. The van der Waals surface area contributed by atoms with Crippen molar-refractivity contribution in [1.29, 1.82) is 0 Å². The minimum atomic E-state index is 0.443. The van der Waals surface area contributed by atoms with Crippen molar-refractivity contribution in [3.63, 3.8) is 0 Å². The minimum Gasteiger partial charge on any atom is -0.339 e. The highest BCUT2D eigenvalue weighted by Crippen LogP contribution is 2.52. The molecule has 4 heteroatoms. The predicted molar refractivity (Wildman–Crippen MR) is 67.3 cm³/mol. The third-order valence-corrected chi connectivity index (χ3v) is 5.17. The van der Waals surface area contributed by atoms with Gasteiger partial charge in [-0.15, -0.1) is 0 Å². The Morgan fingerprint density at radius 1 is 1.17 bits per heavy atom. The van der Waals surface area contributed by atoms with Crippen LogP contribution in [0.5, 0.6) is 0 Å². The van der Waals surface area contributed by atoms with Crippen molar-refractivity contribution in [1.82, 2.24) is 15.5 Å². The van der Waals surface area contributed by atoms with Crippen LogP contribution >= 0.6 is 0 Å². The van der Waals surface area contributed by atoms with Crippen LogP contribution in [-0.2, 0) is 0 Å². The van der Waals surface area contributed by atoms with E-state index in [9.17, 15) is 0 Å². The van der Waals surface area contributed by atoms with Gasteiger partial charge in [0.2, 0.25) is 5.89 Å². The second kappa shape index (κ2) is 4.34. The zero-order chi connectivity index (χ0) is 11.9. The van der Waals surface area contributed by atoms with Gasteiger partial charge in [-0.3, -0.25) is 0 Å². The molecule has 2 bridgehead atoms. The molecule has 3 aliphatic rings. The molecule has 4 unspecified atom stereocenters. The van der Waals surface area contributed by atoms with Crippen molar-refractivity contribution in [3.8, 4) is 0 Å². The summed E-state index contributed by atoms with van der Waals surface area (Å²) in [6.07, 6.45) is 7.91. The van der Waals surface area contributed by atoms with Gasteiger partial charge in [0.1, 0.15) is 0 Å². The molecule has 4 rings (SSSR count). The first-order valence-electron chi connectivity index (χ1n) is 7.44. The number of aromatic nitrogens is 2. The van der Waals surface area contributed by atoms with E-state index in [1.807, 2.05) is 0 Å². The molecule has 0 aromatic carbocycles. The second-order valence-electron chi connectivity index (χ2n) is 6.32. The van der Waals surface area contributed by atoms with E-state index < -0.39 is 0 Å². The van der Waals surface area contributed by atoms with E-state index in [-0.39, 0.29) is 0 Å². The number of hydrogen-bond donors (Lipinski definition) is 1. The number of fused-ring (bicyclic) bond motifs is 2. The van der Waals surface area contributed by atoms with Crippen molar-refractivity contribution in [2.45, 2.75) is 50.4 Å². The summed E-state index contributed by atoms with van der Waals surface area (Å²) < 4.78 is 5.52. The van der Waals surface area contributed by atoms with Gasteiger partial charge in [0.05, 0.1) is 5.92 Å². The van der Waals surface area contributed by atoms with Gasteiger partial charge >= 0.3 is 0 Å². The smallest absolute Gasteiger partial charge is 0.231 e. The molecule has 0 amide bonds. The Labute approximate surface area is 108 Å². The standard InChI is InChI=1S/C14H21N3O/c1-2-11(8-15-5-1)14-16-13(17-18-14)12-7-9-3-4-10(12)6-9/h9-12,15H,1-8H2. The largest absolute Gasteiger partial charge is 0.339 e. The normalized spacial score (nSPS) is 39.3. The molecule has 1 aromatic rings. The van der Waals surface area contributed by atoms with Crippen LogP contribution in [0.25, 0.3) is 0 Å². The van der Waals surface area contributed by atoms with E-state index in [1.54, 1.807) is 0 Å². The molecule has 3 fully saturated rings. The van der Waals surface area contributed by atoms with Gasteiger partial charge in [-0.1, -0.05) is 11.6 Å². The van der Waals surface area contributed by atoms with Crippen molar-refractivity contribution in [2.24, 2.45) is 11.8 Å². The van der Waals surface area contributed by atoms with Crippen LogP contribution in [0.3, 0.4) is 0 Å². The molecule has 1 aliphatic heterocycles. The molecule has 1 N–H and O–H groups in total. The van der Waals surface area contributed by atoms with Crippen molar-refractivity contribution in [2.75, 3.05) is 13.1 Å². The molecule has 0 radical (unpaired) electrons. The van der Waals surface area contributed by atoms with Crippen molar-refractivity contribution >= 4 is 0 Å². The molecule has 1 saturated heterocycles. The Morgan fingerprint density at radius 2 is 2.17 bits per heavy atom. The molecule has 0 spiro atoms. The first-order valence-corrected chi connectivity index (χ1v) is 7.44. The van der Waals surface area contributed by atoms with Crippen LogP contribution < -0.4 is 5.32 Å². The van der Waals surface area contributed by atoms with Gasteiger partial charge in [-0.05, 0) is 50.5 Å². The number of piperidine rings is 1.